The zero-order valence-electron chi connectivity index (χ0n) is 14.4. The smallest absolute Gasteiger partial charge is 0.274 e. The number of hydrogen-bond acceptors (Lipinski definition) is 5. The van der Waals surface area contributed by atoms with Gasteiger partial charge in [-0.3, -0.25) is 9.89 Å². The Morgan fingerprint density at radius 2 is 1.85 bits per heavy atom. The quantitative estimate of drug-likeness (QED) is 0.568. The molecule has 2 aromatic heterocycles. The van der Waals surface area contributed by atoms with Crippen molar-refractivity contribution in [3.8, 4) is 17.1 Å². The van der Waals surface area contributed by atoms with Crippen molar-refractivity contribution in [3.05, 3.63) is 76.5 Å². The Bertz CT molecular complexity index is 1130. The summed E-state index contributed by atoms with van der Waals surface area (Å²) in [6, 6.07) is 14.7. The highest BCUT2D eigenvalue weighted by Crippen LogP contribution is 2.19. The Morgan fingerprint density at radius 3 is 2.56 bits per heavy atom. The molecule has 0 atom stereocenters. The van der Waals surface area contributed by atoms with Gasteiger partial charge in [0.1, 0.15) is 11.6 Å². The summed E-state index contributed by atoms with van der Waals surface area (Å²) in [5, 5.41) is 6.05. The zero-order valence-corrected chi connectivity index (χ0v) is 14.4. The molecular weight excluding hydrogens is 349 g/mol. The Hall–Kier alpha value is -3.68. The topological polar surface area (TPSA) is 84.3 Å². The van der Waals surface area contributed by atoms with Gasteiger partial charge in [0.05, 0.1) is 19.3 Å². The first-order chi connectivity index (χ1) is 13.1. The molecule has 2 aromatic carbocycles. The largest absolute Gasteiger partial charge is 0.497 e. The number of aromatic nitrogens is 4. The summed E-state index contributed by atoms with van der Waals surface area (Å²) in [5.41, 5.74) is 1.83. The minimum absolute atomic E-state index is 0.261. The van der Waals surface area contributed by atoms with Crippen molar-refractivity contribution in [1.29, 1.82) is 0 Å². The van der Waals surface area contributed by atoms with Crippen LogP contribution in [-0.2, 0) is 6.54 Å². The maximum Gasteiger partial charge on any atom is 0.274 e. The lowest BCUT2D eigenvalue weighted by Gasteiger charge is -2.05. The van der Waals surface area contributed by atoms with E-state index < -0.39 is 0 Å². The van der Waals surface area contributed by atoms with Gasteiger partial charge in [-0.15, -0.1) is 0 Å². The summed E-state index contributed by atoms with van der Waals surface area (Å²) in [6.07, 6.45) is 0. The van der Waals surface area contributed by atoms with Crippen molar-refractivity contribution in [1.82, 2.24) is 19.6 Å². The third-order valence-corrected chi connectivity index (χ3v) is 4.06. The van der Waals surface area contributed by atoms with E-state index in [0.29, 0.717) is 18.1 Å². The van der Waals surface area contributed by atoms with Crippen molar-refractivity contribution in [3.63, 3.8) is 0 Å². The summed E-state index contributed by atoms with van der Waals surface area (Å²) < 4.78 is 19.4. The van der Waals surface area contributed by atoms with Gasteiger partial charge in [0.25, 0.3) is 11.3 Å². The minimum atomic E-state index is -0.305. The normalized spacial score (nSPS) is 10.9. The average Bonchev–Trinajstić information content (AvgIpc) is 3.12. The molecule has 27 heavy (non-hydrogen) atoms. The fraction of sp³-hybridized carbons (Fsp3) is 0.105. The first-order valence-electron chi connectivity index (χ1n) is 8.25. The van der Waals surface area contributed by atoms with Crippen LogP contribution in [0.4, 0.5) is 10.1 Å². The molecule has 0 saturated carbocycles. The van der Waals surface area contributed by atoms with Crippen LogP contribution in [-0.4, -0.2) is 26.7 Å². The van der Waals surface area contributed by atoms with Gasteiger partial charge in [0, 0.05) is 17.3 Å². The van der Waals surface area contributed by atoms with Gasteiger partial charge >= 0.3 is 0 Å². The molecule has 0 saturated heterocycles. The molecule has 0 amide bonds. The molecule has 0 aliphatic carbocycles. The van der Waals surface area contributed by atoms with E-state index in [1.165, 1.54) is 22.7 Å². The van der Waals surface area contributed by atoms with E-state index in [1.54, 1.807) is 19.2 Å². The van der Waals surface area contributed by atoms with Gasteiger partial charge in [-0.1, -0.05) is 0 Å². The van der Waals surface area contributed by atoms with Crippen LogP contribution in [0.2, 0.25) is 0 Å². The highest BCUT2D eigenvalue weighted by Gasteiger charge is 2.10. The van der Waals surface area contributed by atoms with Crippen LogP contribution in [0.25, 0.3) is 17.2 Å². The maximum absolute atomic E-state index is 13.0. The van der Waals surface area contributed by atoms with Gasteiger partial charge in [-0.2, -0.15) is 9.50 Å². The molecule has 2 heterocycles. The molecule has 0 aliphatic rings. The molecule has 7 nitrogen and oxygen atoms in total. The number of fused-ring (bicyclic) bond motifs is 1. The lowest BCUT2D eigenvalue weighted by Crippen LogP contribution is -2.17. The van der Waals surface area contributed by atoms with E-state index in [4.69, 9.17) is 4.74 Å². The van der Waals surface area contributed by atoms with Gasteiger partial charge in [-0.05, 0) is 48.5 Å². The van der Waals surface area contributed by atoms with E-state index in [1.807, 2.05) is 24.3 Å². The number of methoxy groups -OCH3 is 1. The van der Waals surface area contributed by atoms with Crippen LogP contribution in [0.1, 0.15) is 5.69 Å². The van der Waals surface area contributed by atoms with E-state index in [9.17, 15) is 9.18 Å². The Kier molecular flexibility index (Phi) is 4.29. The van der Waals surface area contributed by atoms with E-state index in [2.05, 4.69) is 20.4 Å². The molecule has 0 fully saturated rings. The molecule has 2 N–H and O–H groups in total. The van der Waals surface area contributed by atoms with Crippen LogP contribution >= 0.6 is 0 Å². The fourth-order valence-corrected chi connectivity index (χ4v) is 2.66. The van der Waals surface area contributed by atoms with Gasteiger partial charge < -0.3 is 10.1 Å². The average molecular weight is 365 g/mol. The maximum atomic E-state index is 13.0. The SMILES string of the molecule is COc1ccc(-c2nc3nc(CNc4ccc(F)cc4)cc(=O)n3[nH]2)cc1. The number of hydrogen-bond donors (Lipinski definition) is 2. The van der Waals surface area contributed by atoms with Crippen LogP contribution in [0, 0.1) is 5.82 Å². The number of H-pyrrole nitrogens is 1. The van der Waals surface area contributed by atoms with Crippen LogP contribution in [0.15, 0.2) is 59.4 Å². The molecule has 0 bridgehead atoms. The summed E-state index contributed by atoms with van der Waals surface area (Å²) in [6.45, 7) is 0.322. The molecule has 4 rings (SSSR count). The second kappa shape index (κ2) is 6.91. The molecule has 0 spiro atoms. The zero-order chi connectivity index (χ0) is 18.8. The highest BCUT2D eigenvalue weighted by atomic mass is 19.1. The molecular formula is C19H16FN5O2. The summed E-state index contributed by atoms with van der Waals surface area (Å²) in [5.74, 6) is 1.25. The molecule has 136 valence electrons. The van der Waals surface area contributed by atoms with Crippen LogP contribution in [0.5, 0.6) is 5.75 Å². The predicted molar refractivity (Wildman–Crippen MR) is 99.3 cm³/mol. The van der Waals surface area contributed by atoms with Crippen molar-refractivity contribution in [2.24, 2.45) is 0 Å². The standard InChI is InChI=1S/C19H16FN5O2/c1-27-16-8-2-12(3-9-16)18-23-19-22-15(10-17(26)25(19)24-18)11-21-14-6-4-13(20)5-7-14/h2-10,21H,11H2,1H3,(H,22,23,24). The molecule has 0 aliphatic heterocycles. The van der Waals surface area contributed by atoms with Crippen molar-refractivity contribution in [2.45, 2.75) is 6.54 Å². The van der Waals surface area contributed by atoms with Crippen molar-refractivity contribution < 1.29 is 9.13 Å². The van der Waals surface area contributed by atoms with Gasteiger partial charge in [0.2, 0.25) is 0 Å². The lowest BCUT2D eigenvalue weighted by atomic mass is 10.2. The third-order valence-electron chi connectivity index (χ3n) is 4.06. The summed E-state index contributed by atoms with van der Waals surface area (Å²) in [7, 11) is 1.60. The van der Waals surface area contributed by atoms with E-state index in [0.717, 1.165) is 17.0 Å². The monoisotopic (exact) mass is 365 g/mol. The lowest BCUT2D eigenvalue weighted by molar-refractivity contribution is 0.415. The number of aromatic amines is 1. The summed E-state index contributed by atoms with van der Waals surface area (Å²) >= 11 is 0. The Labute approximate surface area is 153 Å². The third kappa shape index (κ3) is 3.50. The molecule has 0 unspecified atom stereocenters. The predicted octanol–water partition coefficient (Wildman–Crippen LogP) is 2.84. The fourth-order valence-electron chi connectivity index (χ4n) is 2.66. The minimum Gasteiger partial charge on any atom is -0.497 e. The number of anilines is 1. The van der Waals surface area contributed by atoms with Crippen molar-refractivity contribution in [2.75, 3.05) is 12.4 Å². The van der Waals surface area contributed by atoms with E-state index in [-0.39, 0.29) is 17.2 Å². The number of benzene rings is 2. The second-order valence-electron chi connectivity index (χ2n) is 5.88. The summed E-state index contributed by atoms with van der Waals surface area (Å²) in [4.78, 5) is 21.2. The first-order valence-corrected chi connectivity index (χ1v) is 8.25. The highest BCUT2D eigenvalue weighted by molar-refractivity contribution is 5.58. The number of halogens is 1. The number of nitrogens with one attached hydrogen (secondary N) is 2. The first kappa shape index (κ1) is 16.8. The second-order valence-corrected chi connectivity index (χ2v) is 5.88. The Morgan fingerprint density at radius 1 is 1.11 bits per heavy atom. The molecule has 0 radical (unpaired) electrons. The van der Waals surface area contributed by atoms with Crippen molar-refractivity contribution >= 4 is 11.5 Å². The van der Waals surface area contributed by atoms with Gasteiger partial charge in [-0.25, -0.2) is 9.37 Å². The molecule has 8 heteroatoms. The molecule has 4 aromatic rings. The Balaban J connectivity index is 1.60. The van der Waals surface area contributed by atoms with Crippen LogP contribution in [0.3, 0.4) is 0 Å². The number of rotatable bonds is 5. The number of ether oxygens (including phenoxy) is 1. The number of nitrogens with zero attached hydrogens (tertiary/aromatic N) is 3. The van der Waals surface area contributed by atoms with Gasteiger partial charge in [0.15, 0.2) is 5.82 Å². The van der Waals surface area contributed by atoms with Crippen LogP contribution < -0.4 is 15.6 Å². The van der Waals surface area contributed by atoms with E-state index >= 15 is 0 Å².